The molecule has 4 rings (SSSR count). The zero-order valence-electron chi connectivity index (χ0n) is 16.8. The molecule has 0 saturated heterocycles. The molecule has 0 aliphatic heterocycles. The SMILES string of the molecule is COC[C@H]1CCC[C@H]1NS(=O)(=O)c1cc(-c2c(C)noc2C)cc2ncccc12. The first-order valence-corrected chi connectivity index (χ1v) is 11.2. The number of methoxy groups -OCH3 is 1. The predicted octanol–water partition coefficient (Wildman–Crippen LogP) is 3.60. The molecule has 0 spiro atoms. The van der Waals surface area contributed by atoms with Crippen molar-refractivity contribution in [2.24, 2.45) is 5.92 Å². The minimum Gasteiger partial charge on any atom is -0.384 e. The van der Waals surface area contributed by atoms with Gasteiger partial charge in [0.1, 0.15) is 5.76 Å². The van der Waals surface area contributed by atoms with Crippen molar-refractivity contribution in [1.29, 1.82) is 0 Å². The van der Waals surface area contributed by atoms with Crippen LogP contribution in [0.2, 0.25) is 0 Å². The quantitative estimate of drug-likeness (QED) is 0.661. The summed E-state index contributed by atoms with van der Waals surface area (Å²) in [5.41, 5.74) is 2.86. The third-order valence-corrected chi connectivity index (χ3v) is 7.17. The molecule has 29 heavy (non-hydrogen) atoms. The summed E-state index contributed by atoms with van der Waals surface area (Å²) in [5.74, 6) is 0.829. The summed E-state index contributed by atoms with van der Waals surface area (Å²) in [5, 5.41) is 4.60. The largest absolute Gasteiger partial charge is 0.384 e. The summed E-state index contributed by atoms with van der Waals surface area (Å²) in [6.07, 6.45) is 4.42. The van der Waals surface area contributed by atoms with E-state index < -0.39 is 10.0 Å². The molecule has 2 heterocycles. The number of hydrogen-bond donors (Lipinski definition) is 1. The van der Waals surface area contributed by atoms with Gasteiger partial charge in [0.05, 0.1) is 22.7 Å². The van der Waals surface area contributed by atoms with Crippen LogP contribution in [-0.2, 0) is 14.8 Å². The standard InChI is InChI=1S/C21H25N3O4S/c1-13-21(14(2)28-23-13)16-10-19-17(7-5-9-22-19)20(11-16)29(25,26)24-18-8-4-6-15(18)12-27-3/h5,7,9-11,15,18,24H,4,6,8,12H2,1-3H3/t15-,18-/m1/s1. The summed E-state index contributed by atoms with van der Waals surface area (Å²) in [6, 6.07) is 6.98. The summed E-state index contributed by atoms with van der Waals surface area (Å²) < 4.78 is 40.3. The second-order valence-corrected chi connectivity index (χ2v) is 9.30. The molecule has 1 N–H and O–H groups in total. The highest BCUT2D eigenvalue weighted by Crippen LogP contribution is 2.34. The molecule has 0 unspecified atom stereocenters. The fraction of sp³-hybridized carbons (Fsp3) is 0.429. The van der Waals surface area contributed by atoms with E-state index in [1.807, 2.05) is 19.9 Å². The van der Waals surface area contributed by atoms with E-state index in [-0.39, 0.29) is 16.9 Å². The Labute approximate surface area is 170 Å². The minimum absolute atomic E-state index is 0.130. The Bertz CT molecular complexity index is 1120. The van der Waals surface area contributed by atoms with Crippen molar-refractivity contribution >= 4 is 20.9 Å². The van der Waals surface area contributed by atoms with Gasteiger partial charge in [-0.25, -0.2) is 13.1 Å². The Balaban J connectivity index is 1.82. The van der Waals surface area contributed by atoms with Gasteiger partial charge >= 0.3 is 0 Å². The van der Waals surface area contributed by atoms with Gasteiger partial charge in [-0.3, -0.25) is 4.98 Å². The van der Waals surface area contributed by atoms with Crippen LogP contribution in [0.25, 0.3) is 22.0 Å². The van der Waals surface area contributed by atoms with E-state index in [4.69, 9.17) is 9.26 Å². The van der Waals surface area contributed by atoms with Gasteiger partial charge in [0.25, 0.3) is 0 Å². The Morgan fingerprint density at radius 2 is 2.10 bits per heavy atom. The molecule has 2 aromatic heterocycles. The lowest BCUT2D eigenvalue weighted by Crippen LogP contribution is -2.38. The van der Waals surface area contributed by atoms with Gasteiger partial charge in [-0.1, -0.05) is 11.6 Å². The number of hydrogen-bond acceptors (Lipinski definition) is 6. The van der Waals surface area contributed by atoms with Crippen LogP contribution in [0, 0.1) is 19.8 Å². The van der Waals surface area contributed by atoms with E-state index in [1.54, 1.807) is 31.5 Å². The number of rotatable bonds is 6. The van der Waals surface area contributed by atoms with E-state index in [1.165, 1.54) is 0 Å². The molecule has 8 heteroatoms. The molecule has 1 fully saturated rings. The Morgan fingerprint density at radius 3 is 2.83 bits per heavy atom. The average Bonchev–Trinajstić information content (AvgIpc) is 3.26. The van der Waals surface area contributed by atoms with Crippen molar-refractivity contribution in [1.82, 2.24) is 14.9 Å². The van der Waals surface area contributed by atoms with E-state index in [0.29, 0.717) is 29.0 Å². The van der Waals surface area contributed by atoms with E-state index in [9.17, 15) is 8.42 Å². The molecule has 0 bridgehead atoms. The van der Waals surface area contributed by atoms with E-state index in [0.717, 1.165) is 30.4 Å². The summed E-state index contributed by atoms with van der Waals surface area (Å²) in [6.45, 7) is 4.21. The van der Waals surface area contributed by atoms with Crippen molar-refractivity contribution < 1.29 is 17.7 Å². The number of benzene rings is 1. The van der Waals surface area contributed by atoms with Crippen molar-refractivity contribution in [3.8, 4) is 11.1 Å². The maximum Gasteiger partial charge on any atom is 0.241 e. The molecule has 0 amide bonds. The number of nitrogens with one attached hydrogen (secondary N) is 1. The van der Waals surface area contributed by atoms with Crippen LogP contribution in [0.3, 0.4) is 0 Å². The molecule has 0 radical (unpaired) electrons. The normalized spacial score (nSPS) is 19.8. The first-order valence-electron chi connectivity index (χ1n) is 9.74. The summed E-state index contributed by atoms with van der Waals surface area (Å²) in [7, 11) is -2.11. The minimum atomic E-state index is -3.76. The van der Waals surface area contributed by atoms with Crippen molar-refractivity contribution in [3.05, 3.63) is 41.9 Å². The van der Waals surface area contributed by atoms with Gasteiger partial charge in [0.15, 0.2) is 0 Å². The zero-order chi connectivity index (χ0) is 20.6. The Kier molecular flexibility index (Phi) is 5.42. The molecule has 1 aliphatic rings. The van der Waals surface area contributed by atoms with E-state index in [2.05, 4.69) is 14.9 Å². The van der Waals surface area contributed by atoms with Gasteiger partial charge in [0.2, 0.25) is 10.0 Å². The summed E-state index contributed by atoms with van der Waals surface area (Å²) in [4.78, 5) is 4.62. The van der Waals surface area contributed by atoms with Gasteiger partial charge in [0, 0.05) is 30.3 Å². The van der Waals surface area contributed by atoms with Gasteiger partial charge in [-0.05, 0) is 62.4 Å². The van der Waals surface area contributed by atoms with Crippen molar-refractivity contribution in [2.75, 3.05) is 13.7 Å². The monoisotopic (exact) mass is 415 g/mol. The Morgan fingerprint density at radius 1 is 1.28 bits per heavy atom. The summed E-state index contributed by atoms with van der Waals surface area (Å²) >= 11 is 0. The lowest BCUT2D eigenvalue weighted by molar-refractivity contribution is 0.145. The number of fused-ring (bicyclic) bond motifs is 1. The number of aryl methyl sites for hydroxylation is 2. The van der Waals surface area contributed by atoms with Crippen molar-refractivity contribution in [3.63, 3.8) is 0 Å². The second kappa shape index (κ2) is 7.85. The van der Waals surface area contributed by atoms with Crippen LogP contribution in [0.15, 0.2) is 39.9 Å². The predicted molar refractivity (Wildman–Crippen MR) is 110 cm³/mol. The molecule has 7 nitrogen and oxygen atoms in total. The maximum atomic E-state index is 13.4. The molecule has 3 aromatic rings. The number of aromatic nitrogens is 2. The molecule has 2 atom stereocenters. The van der Waals surface area contributed by atoms with Gasteiger partial charge in [-0.2, -0.15) is 0 Å². The maximum absolute atomic E-state index is 13.4. The lowest BCUT2D eigenvalue weighted by atomic mass is 10.0. The Hall–Kier alpha value is -2.29. The fourth-order valence-electron chi connectivity index (χ4n) is 4.28. The number of nitrogens with zero attached hydrogens (tertiary/aromatic N) is 2. The second-order valence-electron chi connectivity index (χ2n) is 7.62. The third kappa shape index (κ3) is 3.80. The highest BCUT2D eigenvalue weighted by Gasteiger charge is 2.32. The molecule has 1 saturated carbocycles. The van der Waals surface area contributed by atoms with Crippen LogP contribution >= 0.6 is 0 Å². The number of sulfonamides is 1. The van der Waals surface area contributed by atoms with E-state index >= 15 is 0 Å². The average molecular weight is 416 g/mol. The molecule has 154 valence electrons. The first-order chi connectivity index (χ1) is 13.9. The number of pyridine rings is 1. The highest BCUT2D eigenvalue weighted by molar-refractivity contribution is 7.89. The van der Waals surface area contributed by atoms with Gasteiger partial charge < -0.3 is 9.26 Å². The molecule has 1 aliphatic carbocycles. The highest BCUT2D eigenvalue weighted by atomic mass is 32.2. The van der Waals surface area contributed by atoms with Crippen LogP contribution in [0.5, 0.6) is 0 Å². The van der Waals surface area contributed by atoms with Crippen LogP contribution < -0.4 is 4.72 Å². The smallest absolute Gasteiger partial charge is 0.241 e. The van der Waals surface area contributed by atoms with Crippen LogP contribution in [0.4, 0.5) is 0 Å². The first kappa shape index (κ1) is 20.0. The topological polar surface area (TPSA) is 94.3 Å². The number of ether oxygens (including phenoxy) is 1. The molecular formula is C21H25N3O4S. The fourth-order valence-corrected chi connectivity index (χ4v) is 5.86. The lowest BCUT2D eigenvalue weighted by Gasteiger charge is -2.21. The molecular weight excluding hydrogens is 390 g/mol. The third-order valence-electron chi connectivity index (χ3n) is 5.64. The van der Waals surface area contributed by atoms with Crippen LogP contribution in [-0.4, -0.2) is 38.3 Å². The molecule has 1 aromatic carbocycles. The van der Waals surface area contributed by atoms with Crippen molar-refractivity contribution in [2.45, 2.75) is 44.0 Å². The van der Waals surface area contributed by atoms with Crippen LogP contribution in [0.1, 0.15) is 30.7 Å². The van der Waals surface area contributed by atoms with Gasteiger partial charge in [-0.15, -0.1) is 0 Å². The zero-order valence-corrected chi connectivity index (χ0v) is 17.6.